The largest absolute Gasteiger partial charge is 0.411 e. The van der Waals surface area contributed by atoms with E-state index in [1.165, 1.54) is 11.2 Å². The first kappa shape index (κ1) is 30.7. The number of aryl methyl sites for hydroxylation is 2. The summed E-state index contributed by atoms with van der Waals surface area (Å²) < 4.78 is 69.5. The van der Waals surface area contributed by atoms with Crippen LogP contribution in [0.2, 0.25) is 0 Å². The smallest absolute Gasteiger partial charge is 0.372 e. The van der Waals surface area contributed by atoms with E-state index in [0.717, 1.165) is 42.6 Å². The van der Waals surface area contributed by atoms with E-state index in [2.05, 4.69) is 15.6 Å². The number of benzene rings is 1. The minimum absolute atomic E-state index is 0.0337. The lowest BCUT2D eigenvalue weighted by molar-refractivity contribution is -0.177. The third kappa shape index (κ3) is 7.74. The number of hydrogen-bond donors (Lipinski definition) is 3. The van der Waals surface area contributed by atoms with Crippen LogP contribution in [0, 0.1) is 18.8 Å². The Hall–Kier alpha value is -2.22. The second-order valence-corrected chi connectivity index (χ2v) is 13.4. The standard InChI is InChI=1S/C27H39F3N4O5S/c1-18-15-23(31-19(2)35)8-7-21(18)9-14-40(37,38)34-12-10-26(11-13-34)25(36)32-24(33-26)22-5-3-20(4-6-22)16-39-17-27(28,29)30/h7-8,15,20,22,25,36H,3-6,9-14,16-17H2,1-2H3,(H,31,35)(H,32,33). The Morgan fingerprint density at radius 2 is 1.90 bits per heavy atom. The molecule has 1 spiro atoms. The molecule has 1 aromatic carbocycles. The molecule has 4 rings (SSSR count). The number of carbonyl (C=O) groups excluding carboxylic acids is 1. The maximum Gasteiger partial charge on any atom is 0.411 e. The molecule has 1 amide bonds. The highest BCUT2D eigenvalue weighted by Crippen LogP contribution is 2.36. The van der Waals surface area contributed by atoms with E-state index in [1.54, 1.807) is 6.07 Å². The first-order chi connectivity index (χ1) is 18.8. The van der Waals surface area contributed by atoms with Crippen molar-refractivity contribution in [1.82, 2.24) is 9.62 Å². The summed E-state index contributed by atoms with van der Waals surface area (Å²) in [6, 6.07) is 5.43. The van der Waals surface area contributed by atoms with Gasteiger partial charge >= 0.3 is 6.18 Å². The number of aliphatic imine (C=N–C) groups is 1. The Morgan fingerprint density at radius 3 is 2.50 bits per heavy atom. The fourth-order valence-corrected chi connectivity index (χ4v) is 7.41. The van der Waals surface area contributed by atoms with Gasteiger partial charge in [-0.05, 0) is 81.0 Å². The molecule has 1 saturated heterocycles. The van der Waals surface area contributed by atoms with Crippen LogP contribution in [-0.2, 0) is 26.0 Å². The molecule has 1 aliphatic carbocycles. The summed E-state index contributed by atoms with van der Waals surface area (Å²) in [5.41, 5.74) is 1.78. The van der Waals surface area contributed by atoms with Crippen LogP contribution in [0.1, 0.15) is 56.6 Å². The molecule has 2 aliphatic heterocycles. The fraction of sp³-hybridized carbons (Fsp3) is 0.704. The number of rotatable bonds is 9. The number of anilines is 1. The number of aliphatic hydroxyl groups is 1. The van der Waals surface area contributed by atoms with E-state index in [9.17, 15) is 31.5 Å². The quantitative estimate of drug-likeness (QED) is 0.407. The third-order valence-electron chi connectivity index (χ3n) is 8.29. The van der Waals surface area contributed by atoms with Gasteiger partial charge in [-0.2, -0.15) is 13.2 Å². The van der Waals surface area contributed by atoms with Crippen molar-refractivity contribution in [1.29, 1.82) is 0 Å². The average molecular weight is 589 g/mol. The molecule has 3 N–H and O–H groups in total. The van der Waals surface area contributed by atoms with Gasteiger partial charge in [-0.1, -0.05) is 6.07 Å². The minimum atomic E-state index is -4.32. The van der Waals surface area contributed by atoms with Crippen molar-refractivity contribution in [3.63, 3.8) is 0 Å². The molecule has 1 aromatic rings. The summed E-state index contributed by atoms with van der Waals surface area (Å²) >= 11 is 0. The highest BCUT2D eigenvalue weighted by molar-refractivity contribution is 7.89. The number of nitrogens with one attached hydrogen (secondary N) is 2. The number of aliphatic hydroxyl groups excluding tert-OH is 1. The Labute approximate surface area is 233 Å². The lowest BCUT2D eigenvalue weighted by Gasteiger charge is -2.41. The van der Waals surface area contributed by atoms with Crippen LogP contribution < -0.4 is 10.6 Å². The predicted molar refractivity (Wildman–Crippen MR) is 145 cm³/mol. The number of carbonyl (C=O) groups is 1. The van der Waals surface area contributed by atoms with E-state index >= 15 is 0 Å². The zero-order chi connectivity index (χ0) is 29.1. The molecule has 0 radical (unpaired) electrons. The van der Waals surface area contributed by atoms with E-state index in [1.807, 2.05) is 19.1 Å². The molecule has 9 nitrogen and oxygen atoms in total. The van der Waals surface area contributed by atoms with E-state index in [-0.39, 0.29) is 43.2 Å². The van der Waals surface area contributed by atoms with Gasteiger partial charge in [0.25, 0.3) is 0 Å². The average Bonchev–Trinajstić information content (AvgIpc) is 3.18. The summed E-state index contributed by atoms with van der Waals surface area (Å²) in [5, 5.41) is 17.0. The molecule has 224 valence electrons. The minimum Gasteiger partial charge on any atom is -0.372 e. The number of alkyl halides is 3. The van der Waals surface area contributed by atoms with Gasteiger partial charge in [-0.25, -0.2) is 17.7 Å². The van der Waals surface area contributed by atoms with E-state index in [4.69, 9.17) is 4.74 Å². The molecule has 13 heteroatoms. The molecule has 3 aliphatic rings. The van der Waals surface area contributed by atoms with Crippen LogP contribution in [0.3, 0.4) is 0 Å². The molecule has 2 fully saturated rings. The molecule has 0 aromatic heterocycles. The number of nitrogens with zero attached hydrogens (tertiary/aromatic N) is 2. The van der Waals surface area contributed by atoms with Crippen LogP contribution in [0.15, 0.2) is 23.2 Å². The predicted octanol–water partition coefficient (Wildman–Crippen LogP) is 3.37. The van der Waals surface area contributed by atoms with Crippen molar-refractivity contribution in [2.75, 3.05) is 37.4 Å². The van der Waals surface area contributed by atoms with Gasteiger partial charge in [0, 0.05) is 38.2 Å². The number of amidine groups is 1. The first-order valence-corrected chi connectivity index (χ1v) is 15.4. The van der Waals surface area contributed by atoms with E-state index < -0.39 is 34.6 Å². The summed E-state index contributed by atoms with van der Waals surface area (Å²) in [6.07, 6.45) is -1.13. The molecular weight excluding hydrogens is 549 g/mol. The van der Waals surface area contributed by atoms with Gasteiger partial charge in [0.1, 0.15) is 12.4 Å². The van der Waals surface area contributed by atoms with Crippen molar-refractivity contribution < 1.29 is 36.2 Å². The molecule has 2 heterocycles. The number of hydrogen-bond acceptors (Lipinski definition) is 7. The van der Waals surface area contributed by atoms with Gasteiger partial charge in [-0.3, -0.25) is 4.79 Å². The normalized spacial score (nSPS) is 25.4. The van der Waals surface area contributed by atoms with Gasteiger partial charge < -0.3 is 20.5 Å². The van der Waals surface area contributed by atoms with Crippen molar-refractivity contribution in [2.24, 2.45) is 16.8 Å². The summed E-state index contributed by atoms with van der Waals surface area (Å²) in [5.74, 6) is 0.685. The van der Waals surface area contributed by atoms with Gasteiger partial charge in [-0.15, -0.1) is 0 Å². The number of sulfonamides is 1. The Bertz CT molecular complexity index is 1190. The second-order valence-electron chi connectivity index (χ2n) is 11.3. The van der Waals surface area contributed by atoms with Crippen LogP contribution in [0.4, 0.5) is 18.9 Å². The monoisotopic (exact) mass is 588 g/mol. The van der Waals surface area contributed by atoms with Gasteiger partial charge in [0.05, 0.1) is 11.3 Å². The second kappa shape index (κ2) is 12.3. The lowest BCUT2D eigenvalue weighted by Crippen LogP contribution is -2.58. The topological polar surface area (TPSA) is 120 Å². The maximum absolute atomic E-state index is 13.1. The van der Waals surface area contributed by atoms with Crippen molar-refractivity contribution >= 4 is 27.5 Å². The summed E-state index contributed by atoms with van der Waals surface area (Å²) in [7, 11) is -3.51. The Morgan fingerprint density at radius 1 is 1.23 bits per heavy atom. The molecule has 1 unspecified atom stereocenters. The SMILES string of the molecule is CC(=O)Nc1ccc(CCS(=O)(=O)N2CCC3(CC2)NC(C2CCC(COCC(F)(F)F)CC2)=NC3O)c(C)c1. The third-order valence-corrected chi connectivity index (χ3v) is 10.2. The van der Waals surface area contributed by atoms with Gasteiger partial charge in [0.15, 0.2) is 6.23 Å². The lowest BCUT2D eigenvalue weighted by atomic mass is 9.81. The highest BCUT2D eigenvalue weighted by Gasteiger charge is 2.48. The molecule has 1 atom stereocenters. The van der Waals surface area contributed by atoms with E-state index in [0.29, 0.717) is 24.9 Å². The zero-order valence-electron chi connectivity index (χ0n) is 23.0. The summed E-state index contributed by atoms with van der Waals surface area (Å²) in [6.45, 7) is 2.73. The van der Waals surface area contributed by atoms with Crippen molar-refractivity contribution in [2.45, 2.75) is 76.7 Å². The van der Waals surface area contributed by atoms with Crippen LogP contribution in [0.5, 0.6) is 0 Å². The van der Waals surface area contributed by atoms with Crippen molar-refractivity contribution in [3.8, 4) is 0 Å². The number of ether oxygens (including phenoxy) is 1. The summed E-state index contributed by atoms with van der Waals surface area (Å²) in [4.78, 5) is 15.8. The van der Waals surface area contributed by atoms with Crippen LogP contribution in [0.25, 0.3) is 0 Å². The maximum atomic E-state index is 13.1. The Balaban J connectivity index is 1.24. The fourth-order valence-electron chi connectivity index (χ4n) is 5.93. The number of amides is 1. The van der Waals surface area contributed by atoms with Crippen LogP contribution >= 0.6 is 0 Å². The Kier molecular flexibility index (Phi) is 9.48. The molecule has 0 bridgehead atoms. The first-order valence-electron chi connectivity index (χ1n) is 13.8. The molecular formula is C27H39F3N4O5S. The molecule has 40 heavy (non-hydrogen) atoms. The zero-order valence-corrected chi connectivity index (χ0v) is 23.8. The van der Waals surface area contributed by atoms with Gasteiger partial charge in [0.2, 0.25) is 15.9 Å². The highest BCUT2D eigenvalue weighted by atomic mass is 32.2. The molecule has 1 saturated carbocycles. The number of halogens is 3. The van der Waals surface area contributed by atoms with Crippen LogP contribution in [-0.4, -0.2) is 79.6 Å². The van der Waals surface area contributed by atoms with Crippen molar-refractivity contribution in [3.05, 3.63) is 29.3 Å². The number of piperidine rings is 1.